The second-order valence-electron chi connectivity index (χ2n) is 2.58. The van der Waals surface area contributed by atoms with Gasteiger partial charge in [0, 0.05) is 11.6 Å². The molecule has 1 aromatic carbocycles. The lowest BCUT2D eigenvalue weighted by Gasteiger charge is -1.96. The molecule has 3 heteroatoms. The van der Waals surface area contributed by atoms with Crippen molar-refractivity contribution < 1.29 is 9.13 Å². The molecular weight excluding hydrogens is 235 g/mol. The van der Waals surface area contributed by atoms with Gasteiger partial charge in [-0.05, 0) is 23.8 Å². The first-order valence-corrected chi connectivity index (χ1v) is 4.62. The molecule has 70 valence electrons. The molecule has 0 heterocycles. The molecule has 0 bridgehead atoms. The van der Waals surface area contributed by atoms with E-state index in [1.807, 2.05) is 24.3 Å². The van der Waals surface area contributed by atoms with Crippen molar-refractivity contribution in [2.24, 2.45) is 0 Å². The first-order valence-electron chi connectivity index (χ1n) is 3.83. The third-order valence-corrected chi connectivity index (χ3v) is 2.00. The topological polar surface area (TPSA) is 9.23 Å². The van der Waals surface area contributed by atoms with Gasteiger partial charge < -0.3 is 4.74 Å². The van der Waals surface area contributed by atoms with Crippen LogP contribution >= 0.6 is 15.9 Å². The van der Waals surface area contributed by atoms with Gasteiger partial charge in [0.2, 0.25) is 0 Å². The van der Waals surface area contributed by atoms with Crippen LogP contribution in [0.15, 0.2) is 34.6 Å². The van der Waals surface area contributed by atoms with E-state index in [4.69, 9.17) is 0 Å². The maximum absolute atomic E-state index is 12.9. The first-order chi connectivity index (χ1) is 6.22. The van der Waals surface area contributed by atoms with Crippen LogP contribution in [0.25, 0.3) is 6.08 Å². The molecule has 0 fully saturated rings. The lowest BCUT2D eigenvalue weighted by Crippen LogP contribution is -1.87. The zero-order valence-electron chi connectivity index (χ0n) is 7.26. The Hall–Kier alpha value is -0.670. The molecule has 0 aliphatic heterocycles. The van der Waals surface area contributed by atoms with E-state index < -0.39 is 0 Å². The molecule has 0 saturated carbocycles. The molecule has 0 saturated heterocycles. The molecule has 0 aromatic heterocycles. The van der Waals surface area contributed by atoms with Gasteiger partial charge >= 0.3 is 0 Å². The Morgan fingerprint density at radius 2 is 2.08 bits per heavy atom. The summed E-state index contributed by atoms with van der Waals surface area (Å²) < 4.78 is 18.5. The molecule has 0 N–H and O–H groups in total. The van der Waals surface area contributed by atoms with Crippen molar-refractivity contribution in [3.8, 4) is 0 Å². The minimum absolute atomic E-state index is 0.0239. The van der Waals surface area contributed by atoms with Crippen LogP contribution in [0.2, 0.25) is 0 Å². The standard InChI is InChI=1S/C10H10BrFO/c1-13-7-10(12)6-8-2-4-9(11)5-3-8/h2-6H,7H2,1H3/b10-6-. The van der Waals surface area contributed by atoms with Gasteiger partial charge in [-0.3, -0.25) is 0 Å². The number of hydrogen-bond donors (Lipinski definition) is 0. The highest BCUT2D eigenvalue weighted by Crippen LogP contribution is 2.13. The Kier molecular flexibility index (Phi) is 4.12. The molecule has 0 amide bonds. The van der Waals surface area contributed by atoms with Gasteiger partial charge in [-0.25, -0.2) is 4.39 Å². The van der Waals surface area contributed by atoms with Crippen LogP contribution in [0, 0.1) is 0 Å². The molecule has 0 radical (unpaired) electrons. The van der Waals surface area contributed by atoms with E-state index in [2.05, 4.69) is 20.7 Å². The van der Waals surface area contributed by atoms with Crippen molar-refractivity contribution in [1.82, 2.24) is 0 Å². The Morgan fingerprint density at radius 1 is 1.46 bits per heavy atom. The minimum atomic E-state index is -0.273. The summed E-state index contributed by atoms with van der Waals surface area (Å²) in [4.78, 5) is 0. The molecule has 0 unspecified atom stereocenters. The second kappa shape index (κ2) is 5.14. The molecule has 1 rings (SSSR count). The summed E-state index contributed by atoms with van der Waals surface area (Å²) in [6.45, 7) is 0.0239. The fraction of sp³-hybridized carbons (Fsp3) is 0.200. The van der Waals surface area contributed by atoms with Crippen molar-refractivity contribution in [2.45, 2.75) is 0 Å². The van der Waals surface area contributed by atoms with Crippen molar-refractivity contribution >= 4 is 22.0 Å². The summed E-state index contributed by atoms with van der Waals surface area (Å²) in [6.07, 6.45) is 1.45. The highest BCUT2D eigenvalue weighted by molar-refractivity contribution is 9.10. The van der Waals surface area contributed by atoms with Gasteiger partial charge in [0.05, 0.1) is 6.61 Å². The zero-order chi connectivity index (χ0) is 9.68. The van der Waals surface area contributed by atoms with Gasteiger partial charge in [-0.15, -0.1) is 0 Å². The first kappa shape index (κ1) is 10.4. The highest BCUT2D eigenvalue weighted by atomic mass is 79.9. The van der Waals surface area contributed by atoms with Crippen LogP contribution in [-0.2, 0) is 4.74 Å². The SMILES string of the molecule is COC/C(F)=C/c1ccc(Br)cc1. The lowest BCUT2D eigenvalue weighted by molar-refractivity contribution is 0.207. The maximum atomic E-state index is 12.9. The Bertz CT molecular complexity index is 292. The van der Waals surface area contributed by atoms with Gasteiger partial charge in [0.1, 0.15) is 5.83 Å². The smallest absolute Gasteiger partial charge is 0.126 e. The summed E-state index contributed by atoms with van der Waals surface area (Å²) >= 11 is 3.30. The predicted molar refractivity (Wildman–Crippen MR) is 55.1 cm³/mol. The van der Waals surface area contributed by atoms with E-state index in [1.165, 1.54) is 13.2 Å². The third-order valence-electron chi connectivity index (χ3n) is 1.48. The minimum Gasteiger partial charge on any atom is -0.378 e. The van der Waals surface area contributed by atoms with Crippen LogP contribution in [0.5, 0.6) is 0 Å². The third kappa shape index (κ3) is 3.70. The van der Waals surface area contributed by atoms with E-state index in [1.54, 1.807) is 0 Å². The van der Waals surface area contributed by atoms with Crippen molar-refractivity contribution in [1.29, 1.82) is 0 Å². The van der Waals surface area contributed by atoms with Gasteiger partial charge in [-0.1, -0.05) is 28.1 Å². The molecule has 0 spiro atoms. The molecule has 1 aromatic rings. The molecule has 0 atom stereocenters. The predicted octanol–water partition coefficient (Wildman–Crippen LogP) is 3.41. The number of rotatable bonds is 3. The van der Waals surface area contributed by atoms with Crippen LogP contribution in [0.1, 0.15) is 5.56 Å². The Morgan fingerprint density at radius 3 is 2.62 bits per heavy atom. The number of benzene rings is 1. The van der Waals surface area contributed by atoms with E-state index >= 15 is 0 Å². The molecule has 1 nitrogen and oxygen atoms in total. The fourth-order valence-corrected chi connectivity index (χ4v) is 1.18. The lowest BCUT2D eigenvalue weighted by atomic mass is 10.2. The van der Waals surface area contributed by atoms with E-state index in [0.717, 1.165) is 10.0 Å². The monoisotopic (exact) mass is 244 g/mol. The molecule has 0 aliphatic carbocycles. The van der Waals surface area contributed by atoms with Crippen molar-refractivity contribution in [2.75, 3.05) is 13.7 Å². The van der Waals surface area contributed by atoms with Gasteiger partial charge in [0.15, 0.2) is 0 Å². The summed E-state index contributed by atoms with van der Waals surface area (Å²) in [5.41, 5.74) is 0.831. The average molecular weight is 245 g/mol. The Labute approximate surface area is 85.3 Å². The van der Waals surface area contributed by atoms with Crippen molar-refractivity contribution in [3.63, 3.8) is 0 Å². The van der Waals surface area contributed by atoms with E-state index in [9.17, 15) is 4.39 Å². The summed E-state index contributed by atoms with van der Waals surface area (Å²) in [7, 11) is 1.47. The van der Waals surface area contributed by atoms with E-state index in [-0.39, 0.29) is 12.4 Å². The molecule has 13 heavy (non-hydrogen) atoms. The van der Waals surface area contributed by atoms with Crippen LogP contribution in [0.3, 0.4) is 0 Å². The summed E-state index contributed by atoms with van der Waals surface area (Å²) in [6, 6.07) is 7.40. The highest BCUT2D eigenvalue weighted by Gasteiger charge is 1.94. The van der Waals surface area contributed by atoms with E-state index in [0.29, 0.717) is 0 Å². The van der Waals surface area contributed by atoms with Crippen LogP contribution in [0.4, 0.5) is 4.39 Å². The normalized spacial score (nSPS) is 11.8. The van der Waals surface area contributed by atoms with Crippen molar-refractivity contribution in [3.05, 3.63) is 40.1 Å². The summed E-state index contributed by atoms with van der Waals surface area (Å²) in [5, 5.41) is 0. The summed E-state index contributed by atoms with van der Waals surface area (Å²) in [5.74, 6) is -0.273. The van der Waals surface area contributed by atoms with Gasteiger partial charge in [-0.2, -0.15) is 0 Å². The largest absolute Gasteiger partial charge is 0.378 e. The maximum Gasteiger partial charge on any atom is 0.126 e. The number of methoxy groups -OCH3 is 1. The quantitative estimate of drug-likeness (QED) is 0.792. The fourth-order valence-electron chi connectivity index (χ4n) is 0.919. The average Bonchev–Trinajstić information content (AvgIpc) is 2.09. The molecular formula is C10H10BrFO. The second-order valence-corrected chi connectivity index (χ2v) is 3.49. The zero-order valence-corrected chi connectivity index (χ0v) is 8.84. The number of halogens is 2. The van der Waals surface area contributed by atoms with Gasteiger partial charge in [0.25, 0.3) is 0 Å². The number of ether oxygens (including phenoxy) is 1. The number of hydrogen-bond acceptors (Lipinski definition) is 1. The molecule has 0 aliphatic rings. The Balaban J connectivity index is 2.73. The van der Waals surface area contributed by atoms with Crippen LogP contribution in [-0.4, -0.2) is 13.7 Å². The van der Waals surface area contributed by atoms with Crippen LogP contribution < -0.4 is 0 Å².